The van der Waals surface area contributed by atoms with Gasteiger partial charge in [-0.2, -0.15) is 13.2 Å². The number of ether oxygens (including phenoxy) is 3. The normalized spacial score (nSPS) is 18.9. The predicted octanol–water partition coefficient (Wildman–Crippen LogP) is 3.49. The Hall–Kier alpha value is -3.48. The second kappa shape index (κ2) is 13.2. The minimum absolute atomic E-state index is 0.0168. The Kier molecular flexibility index (Phi) is 9.77. The van der Waals surface area contributed by atoms with Gasteiger partial charge in [0.15, 0.2) is 6.23 Å². The molecule has 12 heteroatoms. The number of esters is 2. The van der Waals surface area contributed by atoms with Gasteiger partial charge >= 0.3 is 18.1 Å². The summed E-state index contributed by atoms with van der Waals surface area (Å²) in [6.45, 7) is 3.05. The quantitative estimate of drug-likeness (QED) is 0.447. The Bertz CT molecular complexity index is 1190. The van der Waals surface area contributed by atoms with Crippen molar-refractivity contribution in [2.24, 2.45) is 0 Å². The molecule has 0 saturated carbocycles. The van der Waals surface area contributed by atoms with Crippen molar-refractivity contribution in [3.8, 4) is 0 Å². The summed E-state index contributed by atoms with van der Waals surface area (Å²) >= 11 is 0. The molecule has 40 heavy (non-hydrogen) atoms. The highest BCUT2D eigenvalue weighted by molar-refractivity contribution is 5.91. The van der Waals surface area contributed by atoms with E-state index < -0.39 is 36.3 Å². The molecule has 0 spiro atoms. The van der Waals surface area contributed by atoms with E-state index in [-0.39, 0.29) is 31.4 Å². The topological polar surface area (TPSA) is 106 Å². The number of hydrogen-bond acceptors (Lipinski definition) is 8. The standard InChI is InChI=1S/C28H32F3N3O6/c1-18(26(36)39-16-19-5-3-2-4-6-19)34-14-11-20-7-8-21(15-23(20)25(34)40-27(37)28(29,30)31)33-24(35)17-38-22-9-12-32-13-10-22/h2-8,15,18,22,25,32H,9-14,16-17H2,1H3,(H,33,35). The average molecular weight is 564 g/mol. The smallest absolute Gasteiger partial charge is 0.460 e. The van der Waals surface area contributed by atoms with Crippen LogP contribution in [0.1, 0.15) is 42.7 Å². The fraction of sp³-hybridized carbons (Fsp3) is 0.464. The zero-order chi connectivity index (χ0) is 28.7. The Labute approximate surface area is 229 Å². The lowest BCUT2D eigenvalue weighted by Crippen LogP contribution is -2.48. The fourth-order valence-corrected chi connectivity index (χ4v) is 4.71. The number of benzene rings is 2. The SMILES string of the molecule is CC(C(=O)OCc1ccccc1)N1CCc2ccc(NC(=O)COC3CCNCC3)cc2C1OC(=O)C(F)(F)F. The third-order valence-corrected chi connectivity index (χ3v) is 6.89. The number of hydrogen-bond donors (Lipinski definition) is 2. The van der Waals surface area contributed by atoms with Gasteiger partial charge in [0, 0.05) is 17.8 Å². The number of fused-ring (bicyclic) bond motifs is 1. The van der Waals surface area contributed by atoms with E-state index in [4.69, 9.17) is 14.2 Å². The Morgan fingerprint density at radius 1 is 1.10 bits per heavy atom. The summed E-state index contributed by atoms with van der Waals surface area (Å²) < 4.78 is 55.6. The van der Waals surface area contributed by atoms with Gasteiger partial charge in [-0.25, -0.2) is 4.79 Å². The van der Waals surface area contributed by atoms with Crippen LogP contribution in [0.3, 0.4) is 0 Å². The van der Waals surface area contributed by atoms with Gasteiger partial charge in [0.25, 0.3) is 0 Å². The number of rotatable bonds is 9. The molecule has 2 aromatic carbocycles. The van der Waals surface area contributed by atoms with Crippen LogP contribution in [0.25, 0.3) is 0 Å². The first kappa shape index (κ1) is 29.5. The van der Waals surface area contributed by atoms with Crippen molar-refractivity contribution in [3.05, 3.63) is 65.2 Å². The molecule has 2 aromatic rings. The molecule has 4 rings (SSSR count). The number of amides is 1. The highest BCUT2D eigenvalue weighted by atomic mass is 19.4. The number of piperidine rings is 1. The maximum Gasteiger partial charge on any atom is 0.490 e. The number of alkyl halides is 3. The molecule has 9 nitrogen and oxygen atoms in total. The highest BCUT2D eigenvalue weighted by Crippen LogP contribution is 2.36. The molecule has 2 aliphatic rings. The summed E-state index contributed by atoms with van der Waals surface area (Å²) in [5, 5.41) is 5.90. The maximum atomic E-state index is 13.2. The van der Waals surface area contributed by atoms with Crippen molar-refractivity contribution in [1.29, 1.82) is 0 Å². The van der Waals surface area contributed by atoms with Gasteiger partial charge in [-0.3, -0.25) is 14.5 Å². The average Bonchev–Trinajstić information content (AvgIpc) is 2.95. The third-order valence-electron chi connectivity index (χ3n) is 6.89. The molecule has 0 aromatic heterocycles. The number of nitrogens with zero attached hydrogens (tertiary/aromatic N) is 1. The molecule has 0 aliphatic carbocycles. The minimum atomic E-state index is -5.24. The number of nitrogens with one attached hydrogen (secondary N) is 2. The summed E-state index contributed by atoms with van der Waals surface area (Å²) in [5.41, 5.74) is 1.91. The molecule has 2 unspecified atom stereocenters. The summed E-state index contributed by atoms with van der Waals surface area (Å²) in [6, 6.07) is 12.6. The first-order chi connectivity index (χ1) is 19.1. The van der Waals surface area contributed by atoms with Gasteiger partial charge in [0.05, 0.1) is 6.10 Å². The second-order valence-electron chi connectivity index (χ2n) is 9.73. The first-order valence-electron chi connectivity index (χ1n) is 13.1. The maximum absolute atomic E-state index is 13.2. The zero-order valence-electron chi connectivity index (χ0n) is 22.0. The zero-order valence-corrected chi connectivity index (χ0v) is 22.0. The molecule has 2 atom stereocenters. The first-order valence-corrected chi connectivity index (χ1v) is 13.1. The van der Waals surface area contributed by atoms with Crippen molar-refractivity contribution in [2.75, 3.05) is 31.6 Å². The molecule has 2 N–H and O–H groups in total. The van der Waals surface area contributed by atoms with E-state index in [9.17, 15) is 27.6 Å². The number of anilines is 1. The van der Waals surface area contributed by atoms with E-state index in [0.717, 1.165) is 31.5 Å². The lowest BCUT2D eigenvalue weighted by Gasteiger charge is -2.39. The lowest BCUT2D eigenvalue weighted by molar-refractivity contribution is -0.217. The van der Waals surface area contributed by atoms with Crippen LogP contribution in [0.4, 0.5) is 18.9 Å². The van der Waals surface area contributed by atoms with E-state index >= 15 is 0 Å². The van der Waals surface area contributed by atoms with Crippen LogP contribution in [0.2, 0.25) is 0 Å². The van der Waals surface area contributed by atoms with Crippen LogP contribution in [0.5, 0.6) is 0 Å². The lowest BCUT2D eigenvalue weighted by atomic mass is 9.96. The van der Waals surface area contributed by atoms with E-state index in [1.54, 1.807) is 36.4 Å². The van der Waals surface area contributed by atoms with Crippen LogP contribution in [0.15, 0.2) is 48.5 Å². The van der Waals surface area contributed by atoms with Crippen LogP contribution < -0.4 is 10.6 Å². The van der Waals surface area contributed by atoms with E-state index in [2.05, 4.69) is 10.6 Å². The van der Waals surface area contributed by atoms with Crippen molar-refractivity contribution >= 4 is 23.5 Å². The Morgan fingerprint density at radius 3 is 2.52 bits per heavy atom. The highest BCUT2D eigenvalue weighted by Gasteiger charge is 2.45. The molecule has 2 heterocycles. The molecule has 1 fully saturated rings. The van der Waals surface area contributed by atoms with Crippen LogP contribution in [-0.4, -0.2) is 67.3 Å². The molecule has 2 aliphatic heterocycles. The molecule has 0 bridgehead atoms. The second-order valence-corrected chi connectivity index (χ2v) is 9.73. The predicted molar refractivity (Wildman–Crippen MR) is 138 cm³/mol. The van der Waals surface area contributed by atoms with Crippen molar-refractivity contribution < 1.29 is 41.8 Å². The summed E-state index contributed by atoms with van der Waals surface area (Å²) in [6.07, 6.45) is -4.84. The van der Waals surface area contributed by atoms with Gasteiger partial charge in [-0.1, -0.05) is 36.4 Å². The number of halogens is 3. The molecule has 0 radical (unpaired) electrons. The fourth-order valence-electron chi connectivity index (χ4n) is 4.71. The van der Waals surface area contributed by atoms with Gasteiger partial charge in [0.2, 0.25) is 5.91 Å². The summed E-state index contributed by atoms with van der Waals surface area (Å²) in [5.74, 6) is -3.49. The molecule has 1 amide bonds. The van der Waals surface area contributed by atoms with E-state index in [0.29, 0.717) is 17.7 Å². The monoisotopic (exact) mass is 563 g/mol. The summed E-state index contributed by atoms with van der Waals surface area (Å²) in [7, 11) is 0. The van der Waals surface area contributed by atoms with Crippen LogP contribution in [0, 0.1) is 0 Å². The van der Waals surface area contributed by atoms with Crippen molar-refractivity contribution in [2.45, 2.75) is 57.3 Å². The van der Waals surface area contributed by atoms with E-state index in [1.165, 1.54) is 17.9 Å². The van der Waals surface area contributed by atoms with Crippen LogP contribution >= 0.6 is 0 Å². The largest absolute Gasteiger partial charge is 0.490 e. The summed E-state index contributed by atoms with van der Waals surface area (Å²) in [4.78, 5) is 38.6. The third kappa shape index (κ3) is 7.80. The van der Waals surface area contributed by atoms with Gasteiger partial charge in [-0.05, 0) is 62.5 Å². The Balaban J connectivity index is 1.49. The molecule has 1 saturated heterocycles. The minimum Gasteiger partial charge on any atom is -0.460 e. The molecular weight excluding hydrogens is 531 g/mol. The van der Waals surface area contributed by atoms with E-state index in [1.807, 2.05) is 6.07 Å². The molecular formula is C28H32F3N3O6. The van der Waals surface area contributed by atoms with Crippen molar-refractivity contribution in [1.82, 2.24) is 10.2 Å². The number of carbonyl (C=O) groups is 3. The van der Waals surface area contributed by atoms with Crippen molar-refractivity contribution in [3.63, 3.8) is 0 Å². The Morgan fingerprint density at radius 2 is 1.82 bits per heavy atom. The van der Waals surface area contributed by atoms with Gasteiger partial charge in [0.1, 0.15) is 19.3 Å². The van der Waals surface area contributed by atoms with Gasteiger partial charge < -0.3 is 24.8 Å². The van der Waals surface area contributed by atoms with Crippen LogP contribution in [-0.2, 0) is 41.6 Å². The molecule has 216 valence electrons. The van der Waals surface area contributed by atoms with Gasteiger partial charge in [-0.15, -0.1) is 0 Å². The number of carbonyl (C=O) groups excluding carboxylic acids is 3.